The van der Waals surface area contributed by atoms with Crippen molar-refractivity contribution in [2.75, 3.05) is 20.1 Å². The maximum Gasteiger partial charge on any atom is 0.0214 e. The topological polar surface area (TPSA) is 3.24 Å². The molecular formula is C12H21N. The Morgan fingerprint density at radius 1 is 1.31 bits per heavy atom. The Morgan fingerprint density at radius 2 is 2.00 bits per heavy atom. The predicted octanol–water partition coefficient (Wildman–Crippen LogP) is 2.52. The summed E-state index contributed by atoms with van der Waals surface area (Å²) in [4.78, 5) is 2.38. The minimum absolute atomic E-state index is 0.892. The molecule has 0 saturated heterocycles. The largest absolute Gasteiger partial charge is 0.305 e. The van der Waals surface area contributed by atoms with Crippen LogP contribution in [0.3, 0.4) is 0 Å². The third-order valence-electron chi connectivity index (χ3n) is 2.93. The molecule has 0 aromatic carbocycles. The summed E-state index contributed by atoms with van der Waals surface area (Å²) in [6.45, 7) is 2.31. The first-order valence-electron chi connectivity index (χ1n) is 5.45. The lowest BCUT2D eigenvalue weighted by Crippen LogP contribution is -2.27. The molecule has 0 atom stereocenters. The van der Waals surface area contributed by atoms with Crippen LogP contribution in [0.4, 0.5) is 0 Å². The average Bonchev–Trinajstić information content (AvgIpc) is 2.16. The van der Waals surface area contributed by atoms with E-state index in [1.165, 1.54) is 38.6 Å². The van der Waals surface area contributed by atoms with E-state index >= 15 is 0 Å². The Bertz CT molecular complexity index is 162. The molecule has 0 heterocycles. The standard InChI is InChI=1S/C12H21N/c1-3-4-10-13(2)11-12-8-6-5-7-9-12/h1,12H,4-11H2,2H3. The first-order chi connectivity index (χ1) is 6.33. The third-order valence-corrected chi connectivity index (χ3v) is 2.93. The fourth-order valence-electron chi connectivity index (χ4n) is 2.16. The van der Waals surface area contributed by atoms with Gasteiger partial charge < -0.3 is 4.90 Å². The minimum atomic E-state index is 0.892. The lowest BCUT2D eigenvalue weighted by atomic mass is 9.89. The number of nitrogens with zero attached hydrogens (tertiary/aromatic N) is 1. The zero-order valence-corrected chi connectivity index (χ0v) is 8.76. The van der Waals surface area contributed by atoms with Gasteiger partial charge in [0, 0.05) is 19.5 Å². The summed E-state index contributed by atoms with van der Waals surface area (Å²) in [7, 11) is 2.19. The highest BCUT2D eigenvalue weighted by Gasteiger charge is 2.14. The monoisotopic (exact) mass is 179 g/mol. The van der Waals surface area contributed by atoms with E-state index in [1.807, 2.05) is 0 Å². The van der Waals surface area contributed by atoms with E-state index in [4.69, 9.17) is 6.42 Å². The normalized spacial score (nSPS) is 18.8. The summed E-state index contributed by atoms with van der Waals surface area (Å²) >= 11 is 0. The van der Waals surface area contributed by atoms with Gasteiger partial charge in [0.25, 0.3) is 0 Å². The van der Waals surface area contributed by atoms with Crippen molar-refractivity contribution in [1.82, 2.24) is 4.90 Å². The Labute approximate surface area is 82.5 Å². The average molecular weight is 179 g/mol. The maximum absolute atomic E-state index is 5.23. The molecule has 0 bridgehead atoms. The summed E-state index contributed by atoms with van der Waals surface area (Å²) in [6.07, 6.45) is 13.3. The molecule has 0 unspecified atom stereocenters. The lowest BCUT2D eigenvalue weighted by Gasteiger charge is -2.26. The summed E-state index contributed by atoms with van der Waals surface area (Å²) < 4.78 is 0. The van der Waals surface area contributed by atoms with Gasteiger partial charge in [-0.2, -0.15) is 0 Å². The van der Waals surface area contributed by atoms with E-state index < -0.39 is 0 Å². The van der Waals surface area contributed by atoms with E-state index in [-0.39, 0.29) is 0 Å². The van der Waals surface area contributed by atoms with E-state index in [9.17, 15) is 0 Å². The second-order valence-corrected chi connectivity index (χ2v) is 4.22. The van der Waals surface area contributed by atoms with Gasteiger partial charge in [-0.1, -0.05) is 19.3 Å². The molecule has 0 aromatic rings. The molecule has 74 valence electrons. The van der Waals surface area contributed by atoms with Crippen molar-refractivity contribution >= 4 is 0 Å². The fraction of sp³-hybridized carbons (Fsp3) is 0.833. The Hall–Kier alpha value is -0.480. The van der Waals surface area contributed by atoms with Gasteiger partial charge in [-0.3, -0.25) is 0 Å². The number of hydrogen-bond acceptors (Lipinski definition) is 1. The molecule has 1 fully saturated rings. The highest BCUT2D eigenvalue weighted by atomic mass is 15.1. The van der Waals surface area contributed by atoms with Gasteiger partial charge in [-0.25, -0.2) is 0 Å². The van der Waals surface area contributed by atoms with Gasteiger partial charge in [0.1, 0.15) is 0 Å². The van der Waals surface area contributed by atoms with E-state index in [1.54, 1.807) is 0 Å². The number of rotatable bonds is 4. The van der Waals surface area contributed by atoms with E-state index in [0.29, 0.717) is 0 Å². The van der Waals surface area contributed by atoms with Crippen LogP contribution in [-0.2, 0) is 0 Å². The summed E-state index contributed by atoms with van der Waals surface area (Å²) in [5.74, 6) is 3.64. The molecule has 13 heavy (non-hydrogen) atoms. The molecule has 1 heteroatoms. The van der Waals surface area contributed by atoms with Crippen LogP contribution in [0.2, 0.25) is 0 Å². The van der Waals surface area contributed by atoms with Crippen molar-refractivity contribution in [3.63, 3.8) is 0 Å². The maximum atomic E-state index is 5.23. The molecule has 0 spiro atoms. The molecule has 1 nitrogen and oxygen atoms in total. The molecule has 0 aliphatic heterocycles. The molecule has 1 aliphatic rings. The van der Waals surface area contributed by atoms with Crippen molar-refractivity contribution in [2.24, 2.45) is 5.92 Å². The molecule has 0 radical (unpaired) electrons. The van der Waals surface area contributed by atoms with Gasteiger partial charge in [-0.05, 0) is 25.8 Å². The second kappa shape index (κ2) is 6.05. The quantitative estimate of drug-likeness (QED) is 0.599. The zero-order chi connectivity index (χ0) is 9.52. The number of hydrogen-bond donors (Lipinski definition) is 0. The van der Waals surface area contributed by atoms with Crippen molar-refractivity contribution in [3.8, 4) is 12.3 Å². The van der Waals surface area contributed by atoms with Crippen LogP contribution in [0.15, 0.2) is 0 Å². The molecular weight excluding hydrogens is 158 g/mol. The van der Waals surface area contributed by atoms with Crippen molar-refractivity contribution < 1.29 is 0 Å². The number of terminal acetylenes is 1. The van der Waals surface area contributed by atoms with Crippen LogP contribution in [-0.4, -0.2) is 25.0 Å². The van der Waals surface area contributed by atoms with Gasteiger partial charge >= 0.3 is 0 Å². The van der Waals surface area contributed by atoms with Crippen LogP contribution < -0.4 is 0 Å². The first-order valence-corrected chi connectivity index (χ1v) is 5.45. The van der Waals surface area contributed by atoms with Crippen LogP contribution in [0.1, 0.15) is 38.5 Å². The van der Waals surface area contributed by atoms with Crippen molar-refractivity contribution in [2.45, 2.75) is 38.5 Å². The SMILES string of the molecule is C#CCCN(C)CC1CCCCC1. The minimum Gasteiger partial charge on any atom is -0.305 e. The summed E-state index contributed by atoms with van der Waals surface area (Å²) in [5.41, 5.74) is 0. The Kier molecular flexibility index (Phi) is 4.93. The smallest absolute Gasteiger partial charge is 0.0214 e. The highest BCUT2D eigenvalue weighted by Crippen LogP contribution is 2.23. The third kappa shape index (κ3) is 4.33. The van der Waals surface area contributed by atoms with Crippen LogP contribution >= 0.6 is 0 Å². The summed E-state index contributed by atoms with van der Waals surface area (Å²) in [6, 6.07) is 0. The molecule has 1 saturated carbocycles. The van der Waals surface area contributed by atoms with E-state index in [0.717, 1.165) is 18.9 Å². The van der Waals surface area contributed by atoms with Crippen molar-refractivity contribution in [3.05, 3.63) is 0 Å². The Balaban J connectivity index is 2.11. The van der Waals surface area contributed by atoms with Gasteiger partial charge in [-0.15, -0.1) is 12.3 Å². The molecule has 1 aliphatic carbocycles. The predicted molar refractivity (Wildman–Crippen MR) is 57.5 cm³/mol. The molecule has 0 N–H and O–H groups in total. The van der Waals surface area contributed by atoms with Crippen LogP contribution in [0.5, 0.6) is 0 Å². The fourth-order valence-corrected chi connectivity index (χ4v) is 2.16. The highest BCUT2D eigenvalue weighted by molar-refractivity contribution is 4.84. The molecule has 1 rings (SSSR count). The second-order valence-electron chi connectivity index (χ2n) is 4.22. The first kappa shape index (κ1) is 10.6. The van der Waals surface area contributed by atoms with Crippen molar-refractivity contribution in [1.29, 1.82) is 0 Å². The van der Waals surface area contributed by atoms with Gasteiger partial charge in [0.15, 0.2) is 0 Å². The lowest BCUT2D eigenvalue weighted by molar-refractivity contribution is 0.237. The summed E-state index contributed by atoms with van der Waals surface area (Å²) in [5, 5.41) is 0. The van der Waals surface area contributed by atoms with Gasteiger partial charge in [0.2, 0.25) is 0 Å². The van der Waals surface area contributed by atoms with Gasteiger partial charge in [0.05, 0.1) is 0 Å². The van der Waals surface area contributed by atoms with Crippen LogP contribution in [0, 0.1) is 18.3 Å². The van der Waals surface area contributed by atoms with E-state index in [2.05, 4.69) is 17.9 Å². The van der Waals surface area contributed by atoms with Crippen LogP contribution in [0.25, 0.3) is 0 Å². The zero-order valence-electron chi connectivity index (χ0n) is 8.76. The molecule has 0 amide bonds. The Morgan fingerprint density at radius 3 is 2.62 bits per heavy atom. The molecule has 0 aromatic heterocycles.